The lowest BCUT2D eigenvalue weighted by atomic mass is 10.2. The van der Waals surface area contributed by atoms with Gasteiger partial charge >= 0.3 is 6.18 Å². The highest BCUT2D eigenvalue weighted by molar-refractivity contribution is 4.54. The summed E-state index contributed by atoms with van der Waals surface area (Å²) in [6.07, 6.45) is -0.257. The molecule has 0 rings (SSSR count). The molecule has 0 aliphatic heterocycles. The molecule has 0 saturated heterocycles. The fourth-order valence-electron chi connectivity index (χ4n) is 1.29. The molecular formula is C10H21F3N2. The number of rotatable bonds is 9. The molecule has 0 aliphatic rings. The number of alkyl halides is 3. The van der Waals surface area contributed by atoms with Gasteiger partial charge in [0.1, 0.15) is 0 Å². The van der Waals surface area contributed by atoms with E-state index in [0.29, 0.717) is 6.54 Å². The molecule has 92 valence electrons. The number of hydrogen-bond donors (Lipinski definition) is 2. The van der Waals surface area contributed by atoms with Crippen LogP contribution in [0.1, 0.15) is 38.5 Å². The Morgan fingerprint density at radius 3 is 2.07 bits per heavy atom. The first-order chi connectivity index (χ1) is 7.06. The zero-order valence-electron chi connectivity index (χ0n) is 9.08. The van der Waals surface area contributed by atoms with Gasteiger partial charge in [0.15, 0.2) is 0 Å². The summed E-state index contributed by atoms with van der Waals surface area (Å²) in [4.78, 5) is 0. The topological polar surface area (TPSA) is 38.0 Å². The van der Waals surface area contributed by atoms with Crippen LogP contribution in [-0.2, 0) is 0 Å². The van der Waals surface area contributed by atoms with Gasteiger partial charge in [0.05, 0.1) is 0 Å². The third-order valence-electron chi connectivity index (χ3n) is 2.12. The van der Waals surface area contributed by atoms with Crippen molar-refractivity contribution in [1.29, 1.82) is 0 Å². The molecule has 0 heterocycles. The Labute approximate surface area is 89.4 Å². The van der Waals surface area contributed by atoms with Crippen LogP contribution in [0.15, 0.2) is 0 Å². The summed E-state index contributed by atoms with van der Waals surface area (Å²) in [5, 5.41) is 3.00. The van der Waals surface area contributed by atoms with Crippen LogP contribution in [-0.4, -0.2) is 25.8 Å². The van der Waals surface area contributed by atoms with Gasteiger partial charge in [-0.25, -0.2) is 0 Å². The van der Waals surface area contributed by atoms with E-state index >= 15 is 0 Å². The lowest BCUT2D eigenvalue weighted by Crippen LogP contribution is -2.19. The Bertz CT molecular complexity index is 137. The highest BCUT2D eigenvalue weighted by Crippen LogP contribution is 2.20. The molecule has 3 N–H and O–H groups in total. The van der Waals surface area contributed by atoms with E-state index in [0.717, 1.165) is 38.8 Å². The summed E-state index contributed by atoms with van der Waals surface area (Å²) in [5.41, 5.74) is 5.33. The summed E-state index contributed by atoms with van der Waals surface area (Å²) < 4.78 is 35.2. The van der Waals surface area contributed by atoms with Gasteiger partial charge < -0.3 is 11.1 Å². The number of nitrogens with two attached hydrogens (primary N) is 1. The minimum absolute atomic E-state index is 0.173. The van der Waals surface area contributed by atoms with E-state index < -0.39 is 12.6 Å². The van der Waals surface area contributed by atoms with Gasteiger partial charge in [-0.05, 0) is 38.9 Å². The van der Waals surface area contributed by atoms with E-state index in [2.05, 4.69) is 5.32 Å². The van der Waals surface area contributed by atoms with Crippen LogP contribution >= 0.6 is 0 Å². The first-order valence-electron chi connectivity index (χ1n) is 5.54. The Morgan fingerprint density at radius 1 is 0.867 bits per heavy atom. The van der Waals surface area contributed by atoms with Crippen molar-refractivity contribution in [3.8, 4) is 0 Å². The smallest absolute Gasteiger partial charge is 0.330 e. The molecule has 5 heteroatoms. The third-order valence-corrected chi connectivity index (χ3v) is 2.12. The second kappa shape index (κ2) is 8.97. The van der Waals surface area contributed by atoms with Crippen LogP contribution in [0.4, 0.5) is 13.2 Å². The fourth-order valence-corrected chi connectivity index (χ4v) is 1.29. The van der Waals surface area contributed by atoms with Crippen molar-refractivity contribution < 1.29 is 13.2 Å². The minimum atomic E-state index is -4.01. The molecule has 0 aromatic carbocycles. The zero-order chi connectivity index (χ0) is 11.6. The first-order valence-corrected chi connectivity index (χ1v) is 5.54. The highest BCUT2D eigenvalue weighted by atomic mass is 19.4. The molecule has 2 nitrogen and oxygen atoms in total. The molecule has 0 bridgehead atoms. The molecule has 0 aliphatic carbocycles. The predicted octanol–water partition coefficient (Wildman–Crippen LogP) is 2.44. The van der Waals surface area contributed by atoms with Crippen LogP contribution in [0.5, 0.6) is 0 Å². The van der Waals surface area contributed by atoms with E-state index in [-0.39, 0.29) is 6.42 Å². The number of hydrogen-bond acceptors (Lipinski definition) is 2. The highest BCUT2D eigenvalue weighted by Gasteiger charge is 2.25. The van der Waals surface area contributed by atoms with Crippen LogP contribution in [0.3, 0.4) is 0 Å². The average molecular weight is 226 g/mol. The summed E-state index contributed by atoms with van der Waals surface area (Å²) in [7, 11) is 0. The van der Waals surface area contributed by atoms with Crippen molar-refractivity contribution in [3.05, 3.63) is 0 Å². The van der Waals surface area contributed by atoms with Crippen molar-refractivity contribution in [2.24, 2.45) is 5.73 Å². The minimum Gasteiger partial charge on any atom is -0.330 e. The van der Waals surface area contributed by atoms with Crippen molar-refractivity contribution in [2.45, 2.75) is 44.7 Å². The molecule has 0 aromatic heterocycles. The van der Waals surface area contributed by atoms with Crippen LogP contribution in [0.2, 0.25) is 0 Å². The normalized spacial score (nSPS) is 12.0. The van der Waals surface area contributed by atoms with Crippen LogP contribution in [0.25, 0.3) is 0 Å². The quantitative estimate of drug-likeness (QED) is 0.593. The second-order valence-corrected chi connectivity index (χ2v) is 3.67. The van der Waals surface area contributed by atoms with Gasteiger partial charge in [0.2, 0.25) is 0 Å². The first kappa shape index (κ1) is 14.7. The maximum Gasteiger partial charge on any atom is 0.389 e. The maximum absolute atomic E-state index is 11.7. The zero-order valence-corrected chi connectivity index (χ0v) is 9.08. The van der Waals surface area contributed by atoms with Crippen LogP contribution in [0, 0.1) is 0 Å². The lowest BCUT2D eigenvalue weighted by molar-refractivity contribution is -0.135. The number of halogens is 3. The van der Waals surface area contributed by atoms with Gasteiger partial charge in [0, 0.05) is 6.42 Å². The molecule has 0 aromatic rings. The molecule has 0 radical (unpaired) electrons. The molecule has 0 atom stereocenters. The molecule has 0 amide bonds. The number of unbranched alkanes of at least 4 members (excludes halogenated alkanes) is 3. The monoisotopic (exact) mass is 226 g/mol. The van der Waals surface area contributed by atoms with Gasteiger partial charge in [-0.2, -0.15) is 13.2 Å². The van der Waals surface area contributed by atoms with Crippen LogP contribution < -0.4 is 11.1 Å². The molecule has 0 spiro atoms. The van der Waals surface area contributed by atoms with Crippen molar-refractivity contribution in [3.63, 3.8) is 0 Å². The second-order valence-electron chi connectivity index (χ2n) is 3.67. The lowest BCUT2D eigenvalue weighted by Gasteiger charge is -2.07. The van der Waals surface area contributed by atoms with Crippen molar-refractivity contribution in [1.82, 2.24) is 5.32 Å². The summed E-state index contributed by atoms with van der Waals surface area (Å²) >= 11 is 0. The molecule has 0 saturated carbocycles. The molecule has 0 fully saturated rings. The molecular weight excluding hydrogens is 205 g/mol. The maximum atomic E-state index is 11.7. The van der Waals surface area contributed by atoms with E-state index in [4.69, 9.17) is 5.73 Å². The molecule has 15 heavy (non-hydrogen) atoms. The Morgan fingerprint density at radius 2 is 1.47 bits per heavy atom. The largest absolute Gasteiger partial charge is 0.389 e. The average Bonchev–Trinajstić information content (AvgIpc) is 2.14. The molecule has 0 unspecified atom stereocenters. The van der Waals surface area contributed by atoms with E-state index in [9.17, 15) is 13.2 Å². The van der Waals surface area contributed by atoms with Crippen molar-refractivity contribution >= 4 is 0 Å². The fraction of sp³-hybridized carbons (Fsp3) is 1.00. The Balaban J connectivity index is 2.99. The SMILES string of the molecule is NCCCCCCNCCCC(F)(F)F. The van der Waals surface area contributed by atoms with E-state index in [1.54, 1.807) is 0 Å². The predicted molar refractivity (Wildman–Crippen MR) is 55.7 cm³/mol. The summed E-state index contributed by atoms with van der Waals surface area (Å²) in [6, 6.07) is 0. The van der Waals surface area contributed by atoms with Gasteiger partial charge in [-0.1, -0.05) is 12.8 Å². The summed E-state index contributed by atoms with van der Waals surface area (Å²) in [6.45, 7) is 1.98. The Hall–Kier alpha value is -0.290. The van der Waals surface area contributed by atoms with Gasteiger partial charge in [0.25, 0.3) is 0 Å². The van der Waals surface area contributed by atoms with Crippen molar-refractivity contribution in [2.75, 3.05) is 19.6 Å². The van der Waals surface area contributed by atoms with Gasteiger partial charge in [-0.3, -0.25) is 0 Å². The van der Waals surface area contributed by atoms with Gasteiger partial charge in [-0.15, -0.1) is 0 Å². The number of nitrogens with one attached hydrogen (secondary N) is 1. The Kier molecular flexibility index (Phi) is 8.80. The van der Waals surface area contributed by atoms with E-state index in [1.165, 1.54) is 0 Å². The third kappa shape index (κ3) is 13.7. The standard InChI is InChI=1S/C10H21F3N2/c11-10(12,13)6-5-9-15-8-4-2-1-3-7-14/h15H,1-9,14H2. The summed E-state index contributed by atoms with van der Waals surface area (Å²) in [5.74, 6) is 0. The van der Waals surface area contributed by atoms with E-state index in [1.807, 2.05) is 0 Å².